The number of esters is 1. The van der Waals surface area contributed by atoms with Gasteiger partial charge in [-0.15, -0.1) is 13.2 Å². The van der Waals surface area contributed by atoms with Gasteiger partial charge in [0.1, 0.15) is 24.9 Å². The van der Waals surface area contributed by atoms with E-state index in [2.05, 4.69) is 32.3 Å². The fourth-order valence-corrected chi connectivity index (χ4v) is 7.53. The van der Waals surface area contributed by atoms with Crippen molar-refractivity contribution in [2.45, 2.75) is 196 Å². The first-order chi connectivity index (χ1) is 29.6. The second-order valence-electron chi connectivity index (χ2n) is 16.1. The summed E-state index contributed by atoms with van der Waals surface area (Å²) in [5.74, 6) is -0.504. The lowest BCUT2D eigenvalue weighted by atomic mass is 9.96. The number of ether oxygens (including phenoxy) is 7. The van der Waals surface area contributed by atoms with Crippen LogP contribution in [-0.2, 0) is 44.6 Å². The molecule has 10 nitrogen and oxygen atoms in total. The van der Waals surface area contributed by atoms with Gasteiger partial charge in [-0.2, -0.15) is 0 Å². The molecule has 1 N–H and O–H groups in total. The van der Waals surface area contributed by atoms with Crippen LogP contribution in [0, 0.1) is 0 Å². The zero-order valence-corrected chi connectivity index (χ0v) is 39.6. The van der Waals surface area contributed by atoms with Gasteiger partial charge in [0.05, 0.1) is 39.0 Å². The van der Waals surface area contributed by atoms with E-state index in [1.54, 1.807) is 12.2 Å². The van der Waals surface area contributed by atoms with Crippen LogP contribution in [0.3, 0.4) is 0 Å². The fraction of sp³-hybridized carbons (Fsp3) is 0.750. The summed E-state index contributed by atoms with van der Waals surface area (Å²) >= 11 is 17.6. The lowest BCUT2D eigenvalue weighted by molar-refractivity contribution is -0.279. The Labute approximate surface area is 383 Å². The van der Waals surface area contributed by atoms with E-state index in [-0.39, 0.29) is 32.3 Å². The van der Waals surface area contributed by atoms with Crippen LogP contribution in [-0.4, -0.2) is 85.6 Å². The first-order valence-corrected chi connectivity index (χ1v) is 24.3. The van der Waals surface area contributed by atoms with Gasteiger partial charge in [-0.3, -0.25) is 4.79 Å². The Hall–Kier alpha value is -1.89. The van der Waals surface area contributed by atoms with Crippen molar-refractivity contribution in [2.24, 2.45) is 0 Å². The number of alkyl carbamates (subject to hydrolysis) is 1. The van der Waals surface area contributed by atoms with Crippen molar-refractivity contribution in [1.29, 1.82) is 0 Å². The molecule has 1 fully saturated rings. The molecule has 0 spiro atoms. The topological polar surface area (TPSA) is 111 Å². The van der Waals surface area contributed by atoms with Gasteiger partial charge in [0.2, 0.25) is 3.79 Å². The maximum atomic E-state index is 14.1. The summed E-state index contributed by atoms with van der Waals surface area (Å²) in [5.41, 5.74) is 0.969. The van der Waals surface area contributed by atoms with E-state index in [4.69, 9.17) is 68.0 Å². The highest BCUT2D eigenvalue weighted by molar-refractivity contribution is 6.67. The van der Waals surface area contributed by atoms with Crippen molar-refractivity contribution in [3.8, 4) is 0 Å². The number of nitrogens with one attached hydrogen (secondary N) is 1. The molecule has 2 rings (SSSR count). The Morgan fingerprint density at radius 1 is 0.770 bits per heavy atom. The van der Waals surface area contributed by atoms with Crippen molar-refractivity contribution < 1.29 is 42.7 Å². The molecule has 0 unspecified atom stereocenters. The Balaban J connectivity index is 2.23. The number of hydrogen-bond donors (Lipinski definition) is 1. The zero-order valence-electron chi connectivity index (χ0n) is 37.3. The van der Waals surface area contributed by atoms with Crippen molar-refractivity contribution in [3.05, 3.63) is 61.2 Å². The average Bonchev–Trinajstić information content (AvgIpc) is 3.24. The number of amides is 1. The third-order valence-corrected chi connectivity index (χ3v) is 10.9. The van der Waals surface area contributed by atoms with Crippen LogP contribution < -0.4 is 5.32 Å². The highest BCUT2D eigenvalue weighted by Crippen LogP contribution is 2.30. The van der Waals surface area contributed by atoms with Crippen LogP contribution >= 0.6 is 34.8 Å². The molecule has 0 aliphatic carbocycles. The molecule has 1 aromatic rings. The molecule has 0 radical (unpaired) electrons. The highest BCUT2D eigenvalue weighted by atomic mass is 35.6. The van der Waals surface area contributed by atoms with E-state index in [0.29, 0.717) is 13.2 Å². The summed E-state index contributed by atoms with van der Waals surface area (Å²) in [6.07, 6.45) is 21.8. The number of benzene rings is 1. The lowest BCUT2D eigenvalue weighted by Gasteiger charge is -2.45. The van der Waals surface area contributed by atoms with Gasteiger partial charge >= 0.3 is 12.1 Å². The summed E-state index contributed by atoms with van der Waals surface area (Å²) < 4.78 is 40.9. The molecule has 1 saturated heterocycles. The summed E-state index contributed by atoms with van der Waals surface area (Å²) in [6.45, 7) is 12.6. The SMILES string of the molecule is C=CCO[C@H]1O[C@H](COCc2ccccc2)[C@@H](OCC=C)[C@H](OC(=O)C[C@@H](CCCCCCCCCCC)OCCCCCCCCCCCC)[C@@H]1NC(=O)OCC(Cl)(Cl)Cl. The molecular formula is C48H78Cl3NO9. The Bertz CT molecular complexity index is 1270. The predicted octanol–water partition coefficient (Wildman–Crippen LogP) is 12.7. The number of unbranched alkanes of at least 4 members (excludes halogenated alkanes) is 17. The monoisotopic (exact) mass is 917 g/mol. The molecule has 1 amide bonds. The third kappa shape index (κ3) is 27.1. The third-order valence-electron chi connectivity index (χ3n) is 10.6. The Morgan fingerprint density at radius 3 is 1.90 bits per heavy atom. The quantitative estimate of drug-likeness (QED) is 0.0302. The van der Waals surface area contributed by atoms with Gasteiger partial charge < -0.3 is 38.5 Å². The molecule has 350 valence electrons. The predicted molar refractivity (Wildman–Crippen MR) is 247 cm³/mol. The first kappa shape index (κ1) is 55.2. The fourth-order valence-electron chi connectivity index (χ4n) is 7.36. The number of rotatable bonds is 37. The van der Waals surface area contributed by atoms with Crippen LogP contribution in [0.4, 0.5) is 4.79 Å². The summed E-state index contributed by atoms with van der Waals surface area (Å²) in [7, 11) is 0. The van der Waals surface area contributed by atoms with Crippen LogP contribution in [0.2, 0.25) is 0 Å². The molecule has 1 aromatic carbocycles. The molecule has 6 atom stereocenters. The maximum absolute atomic E-state index is 14.1. The van der Waals surface area contributed by atoms with E-state index in [1.807, 2.05) is 30.3 Å². The van der Waals surface area contributed by atoms with Gasteiger partial charge in [-0.25, -0.2) is 4.79 Å². The standard InChI is InChI=1S/C48H78Cl3NO9/c1-5-9-11-13-15-17-19-21-23-28-34-56-40(31-27-22-20-18-16-14-12-10-6-2)35-42(53)61-45-43(52-47(54)59-38-48(49,50)51)46(58-33-8-4)60-41(44(45)57-32-7-3)37-55-36-39-29-25-24-26-30-39/h7-8,24-26,29-30,40-41,43-46H,3-6,9-23,27-28,31-38H2,1-2H3,(H,52,54)/t40-,41-,43+,44-,45-,46+/m1/s1. The van der Waals surface area contributed by atoms with Gasteiger partial charge in [0.25, 0.3) is 0 Å². The van der Waals surface area contributed by atoms with Gasteiger partial charge in [-0.1, -0.05) is 207 Å². The first-order valence-electron chi connectivity index (χ1n) is 23.1. The molecule has 13 heteroatoms. The molecule has 0 bridgehead atoms. The minimum Gasteiger partial charge on any atom is -0.457 e. The Kier molecular flexibility index (Phi) is 32.1. The van der Waals surface area contributed by atoms with Crippen LogP contribution in [0.25, 0.3) is 0 Å². The second kappa shape index (κ2) is 35.5. The van der Waals surface area contributed by atoms with Crippen LogP contribution in [0.15, 0.2) is 55.6 Å². The number of hydrogen-bond acceptors (Lipinski definition) is 9. The largest absolute Gasteiger partial charge is 0.457 e. The number of carbonyl (C=O) groups is 2. The zero-order chi connectivity index (χ0) is 44.4. The van der Waals surface area contributed by atoms with Crippen LogP contribution in [0.5, 0.6) is 0 Å². The second-order valence-corrected chi connectivity index (χ2v) is 18.6. The van der Waals surface area contributed by atoms with Crippen molar-refractivity contribution in [3.63, 3.8) is 0 Å². The van der Waals surface area contributed by atoms with Gasteiger partial charge in [0, 0.05) is 6.61 Å². The van der Waals surface area contributed by atoms with Crippen molar-refractivity contribution in [2.75, 3.05) is 33.0 Å². The number of carbonyl (C=O) groups excluding carboxylic acids is 2. The maximum Gasteiger partial charge on any atom is 0.407 e. The molecular weight excluding hydrogens is 841 g/mol. The average molecular weight is 920 g/mol. The highest BCUT2D eigenvalue weighted by Gasteiger charge is 2.50. The van der Waals surface area contributed by atoms with Crippen molar-refractivity contribution >= 4 is 46.9 Å². The van der Waals surface area contributed by atoms with E-state index in [9.17, 15) is 9.59 Å². The summed E-state index contributed by atoms with van der Waals surface area (Å²) in [5, 5.41) is 2.74. The summed E-state index contributed by atoms with van der Waals surface area (Å²) in [6, 6.07) is 8.62. The van der Waals surface area contributed by atoms with E-state index in [0.717, 1.165) is 44.1 Å². The minimum atomic E-state index is -1.85. The normalized spacial score (nSPS) is 19.6. The van der Waals surface area contributed by atoms with E-state index < -0.39 is 53.1 Å². The molecule has 0 aromatic heterocycles. The number of alkyl halides is 3. The smallest absolute Gasteiger partial charge is 0.407 e. The molecule has 61 heavy (non-hydrogen) atoms. The Morgan fingerprint density at radius 2 is 1.33 bits per heavy atom. The van der Waals surface area contributed by atoms with E-state index >= 15 is 0 Å². The molecule has 0 saturated carbocycles. The van der Waals surface area contributed by atoms with Gasteiger partial charge in [-0.05, 0) is 18.4 Å². The van der Waals surface area contributed by atoms with Crippen molar-refractivity contribution in [1.82, 2.24) is 5.32 Å². The van der Waals surface area contributed by atoms with Gasteiger partial charge in [0.15, 0.2) is 12.4 Å². The van der Waals surface area contributed by atoms with E-state index in [1.165, 1.54) is 89.9 Å². The lowest BCUT2D eigenvalue weighted by Crippen LogP contribution is -2.66. The molecule has 1 aliphatic rings. The summed E-state index contributed by atoms with van der Waals surface area (Å²) in [4.78, 5) is 27.3. The minimum absolute atomic E-state index is 0.0259. The molecule has 1 heterocycles. The number of halogens is 3. The van der Waals surface area contributed by atoms with Crippen LogP contribution in [0.1, 0.15) is 154 Å². The molecule has 1 aliphatic heterocycles.